The number of ether oxygens (including phenoxy) is 1. The summed E-state index contributed by atoms with van der Waals surface area (Å²) in [6, 6.07) is 8.88. The number of nitriles is 2. The molecule has 118 valence electrons. The highest BCUT2D eigenvalue weighted by atomic mass is 16.5. The molecule has 6 nitrogen and oxygen atoms in total. The van der Waals surface area contributed by atoms with Gasteiger partial charge in [0.1, 0.15) is 30.1 Å². The average Bonchev–Trinajstić information content (AvgIpc) is 2.53. The summed E-state index contributed by atoms with van der Waals surface area (Å²) in [6.45, 7) is 6.57. The van der Waals surface area contributed by atoms with Gasteiger partial charge in [0, 0.05) is 17.3 Å². The van der Waals surface area contributed by atoms with E-state index in [-0.39, 0.29) is 11.5 Å². The Morgan fingerprint density at radius 1 is 1.35 bits per heavy atom. The molecular formula is C17H18N4O2. The van der Waals surface area contributed by atoms with Crippen LogP contribution in [0.25, 0.3) is 0 Å². The Kier molecular flexibility index (Phi) is 4.57. The molecular weight excluding hydrogens is 292 g/mol. The van der Waals surface area contributed by atoms with Crippen LogP contribution in [0.4, 0.5) is 11.4 Å². The van der Waals surface area contributed by atoms with Crippen molar-refractivity contribution in [3.8, 4) is 17.9 Å². The maximum Gasteiger partial charge on any atom is 0.232 e. The molecule has 1 amide bonds. The first-order valence-electron chi connectivity index (χ1n) is 7.22. The van der Waals surface area contributed by atoms with Crippen LogP contribution in [0, 0.1) is 28.1 Å². The molecule has 2 rings (SSSR count). The standard InChI is InChI=1S/C17H18N4O2/c1-17(2,3)16(22)21-6-7-23-15-5-4-13(8-14(15)21)20-11-12(9-18)10-19/h4-5,8,11,20H,6-7H2,1-3H3. The van der Waals surface area contributed by atoms with E-state index in [2.05, 4.69) is 5.32 Å². The highest BCUT2D eigenvalue weighted by Gasteiger charge is 2.31. The fraction of sp³-hybridized carbons (Fsp3) is 0.353. The summed E-state index contributed by atoms with van der Waals surface area (Å²) in [5, 5.41) is 20.4. The van der Waals surface area contributed by atoms with Crippen molar-refractivity contribution in [2.45, 2.75) is 20.8 Å². The number of rotatable bonds is 2. The lowest BCUT2D eigenvalue weighted by Crippen LogP contribution is -2.44. The van der Waals surface area contributed by atoms with Gasteiger partial charge in [0.2, 0.25) is 5.91 Å². The van der Waals surface area contributed by atoms with E-state index in [9.17, 15) is 4.79 Å². The first-order valence-corrected chi connectivity index (χ1v) is 7.22. The third-order valence-corrected chi connectivity index (χ3v) is 3.33. The summed E-state index contributed by atoms with van der Waals surface area (Å²) in [5.41, 5.74) is 0.836. The topological polar surface area (TPSA) is 89.2 Å². The second kappa shape index (κ2) is 6.41. The van der Waals surface area contributed by atoms with E-state index in [1.54, 1.807) is 35.2 Å². The lowest BCUT2D eigenvalue weighted by Gasteiger charge is -2.34. The minimum Gasteiger partial charge on any atom is -0.490 e. The van der Waals surface area contributed by atoms with E-state index in [4.69, 9.17) is 15.3 Å². The molecule has 1 heterocycles. The fourth-order valence-corrected chi connectivity index (χ4v) is 2.17. The van der Waals surface area contributed by atoms with Crippen LogP contribution in [0.5, 0.6) is 5.75 Å². The van der Waals surface area contributed by atoms with Gasteiger partial charge in [-0.05, 0) is 18.2 Å². The number of fused-ring (bicyclic) bond motifs is 1. The largest absolute Gasteiger partial charge is 0.490 e. The smallest absolute Gasteiger partial charge is 0.232 e. The molecule has 0 aliphatic carbocycles. The Morgan fingerprint density at radius 2 is 2.04 bits per heavy atom. The Labute approximate surface area is 135 Å². The normalized spacial score (nSPS) is 13.0. The van der Waals surface area contributed by atoms with Crippen molar-refractivity contribution in [3.63, 3.8) is 0 Å². The number of hydrogen-bond donors (Lipinski definition) is 1. The van der Waals surface area contributed by atoms with Gasteiger partial charge in [0.25, 0.3) is 0 Å². The quantitative estimate of drug-likeness (QED) is 0.848. The molecule has 1 aliphatic heterocycles. The molecule has 0 atom stereocenters. The number of carbonyl (C=O) groups is 1. The molecule has 6 heteroatoms. The number of anilines is 2. The summed E-state index contributed by atoms with van der Waals surface area (Å²) >= 11 is 0. The van der Waals surface area contributed by atoms with Gasteiger partial charge in [0.15, 0.2) is 0 Å². The third-order valence-electron chi connectivity index (χ3n) is 3.33. The lowest BCUT2D eigenvalue weighted by molar-refractivity contribution is -0.126. The van der Waals surface area contributed by atoms with E-state index in [0.717, 1.165) is 0 Å². The molecule has 0 spiro atoms. The Morgan fingerprint density at radius 3 is 2.65 bits per heavy atom. The molecule has 0 fully saturated rings. The zero-order chi connectivity index (χ0) is 17.0. The Hall–Kier alpha value is -2.99. The molecule has 1 N–H and O–H groups in total. The summed E-state index contributed by atoms with van der Waals surface area (Å²) < 4.78 is 5.60. The van der Waals surface area contributed by atoms with Crippen molar-refractivity contribution in [1.29, 1.82) is 10.5 Å². The number of hydrogen-bond acceptors (Lipinski definition) is 5. The molecule has 0 radical (unpaired) electrons. The zero-order valence-corrected chi connectivity index (χ0v) is 13.4. The van der Waals surface area contributed by atoms with Gasteiger partial charge in [-0.3, -0.25) is 4.79 Å². The van der Waals surface area contributed by atoms with Crippen molar-refractivity contribution in [2.24, 2.45) is 5.41 Å². The van der Waals surface area contributed by atoms with Crippen molar-refractivity contribution < 1.29 is 9.53 Å². The molecule has 1 aliphatic rings. The predicted octanol–water partition coefficient (Wildman–Crippen LogP) is 2.80. The van der Waals surface area contributed by atoms with Crippen LogP contribution < -0.4 is 15.0 Å². The van der Waals surface area contributed by atoms with Crippen molar-refractivity contribution >= 4 is 17.3 Å². The zero-order valence-electron chi connectivity index (χ0n) is 13.4. The number of carbonyl (C=O) groups excluding carboxylic acids is 1. The lowest BCUT2D eigenvalue weighted by atomic mass is 9.94. The van der Waals surface area contributed by atoms with Gasteiger partial charge in [-0.25, -0.2) is 0 Å². The van der Waals surface area contributed by atoms with E-state index < -0.39 is 5.41 Å². The second-order valence-electron chi connectivity index (χ2n) is 6.16. The Bertz CT molecular complexity index is 716. The summed E-state index contributed by atoms with van der Waals surface area (Å²) in [4.78, 5) is 14.3. The van der Waals surface area contributed by atoms with Crippen LogP contribution >= 0.6 is 0 Å². The number of nitrogens with one attached hydrogen (secondary N) is 1. The maximum atomic E-state index is 12.6. The predicted molar refractivity (Wildman–Crippen MR) is 86.7 cm³/mol. The molecule has 0 saturated carbocycles. The summed E-state index contributed by atoms with van der Waals surface area (Å²) in [7, 11) is 0. The van der Waals surface area contributed by atoms with Gasteiger partial charge in [-0.15, -0.1) is 0 Å². The minimum atomic E-state index is -0.493. The van der Waals surface area contributed by atoms with Crippen LogP contribution in [0.15, 0.2) is 30.0 Å². The van der Waals surface area contributed by atoms with Crippen LogP contribution in [0.3, 0.4) is 0 Å². The molecule has 0 saturated heterocycles. The highest BCUT2D eigenvalue weighted by molar-refractivity contribution is 5.99. The number of nitrogens with zero attached hydrogens (tertiary/aromatic N) is 3. The van der Waals surface area contributed by atoms with Gasteiger partial charge in [0.05, 0.1) is 12.2 Å². The Balaban J connectivity index is 2.33. The molecule has 0 unspecified atom stereocenters. The van der Waals surface area contributed by atoms with Gasteiger partial charge < -0.3 is 15.0 Å². The fourth-order valence-electron chi connectivity index (χ4n) is 2.17. The first-order chi connectivity index (χ1) is 10.9. The molecule has 23 heavy (non-hydrogen) atoms. The van der Waals surface area contributed by atoms with Crippen LogP contribution in [-0.4, -0.2) is 19.1 Å². The summed E-state index contributed by atoms with van der Waals surface area (Å²) in [6.07, 6.45) is 1.33. The van der Waals surface area contributed by atoms with E-state index >= 15 is 0 Å². The van der Waals surface area contributed by atoms with Gasteiger partial charge in [-0.2, -0.15) is 10.5 Å². The average molecular weight is 310 g/mol. The van der Waals surface area contributed by atoms with E-state index in [1.807, 2.05) is 20.8 Å². The maximum absolute atomic E-state index is 12.6. The van der Waals surface area contributed by atoms with Gasteiger partial charge in [-0.1, -0.05) is 20.8 Å². The van der Waals surface area contributed by atoms with E-state index in [0.29, 0.717) is 30.3 Å². The SMILES string of the molecule is CC(C)(C)C(=O)N1CCOc2ccc(NC=C(C#N)C#N)cc21. The van der Waals surface area contributed by atoms with Gasteiger partial charge >= 0.3 is 0 Å². The molecule has 1 aromatic rings. The third kappa shape index (κ3) is 3.61. The second-order valence-corrected chi connectivity index (χ2v) is 6.16. The molecule has 1 aromatic carbocycles. The molecule has 0 bridgehead atoms. The number of amides is 1. The van der Waals surface area contributed by atoms with Crippen molar-refractivity contribution in [1.82, 2.24) is 0 Å². The van der Waals surface area contributed by atoms with Crippen LogP contribution in [0.1, 0.15) is 20.8 Å². The highest BCUT2D eigenvalue weighted by Crippen LogP contribution is 2.36. The molecule has 0 aromatic heterocycles. The van der Waals surface area contributed by atoms with Crippen LogP contribution in [-0.2, 0) is 4.79 Å². The van der Waals surface area contributed by atoms with Crippen molar-refractivity contribution in [2.75, 3.05) is 23.4 Å². The van der Waals surface area contributed by atoms with E-state index in [1.165, 1.54) is 6.20 Å². The summed E-state index contributed by atoms with van der Waals surface area (Å²) in [5.74, 6) is 0.661. The first kappa shape index (κ1) is 16.4. The van der Waals surface area contributed by atoms with Crippen LogP contribution in [0.2, 0.25) is 0 Å². The number of allylic oxidation sites excluding steroid dienone is 1. The monoisotopic (exact) mass is 310 g/mol. The minimum absolute atomic E-state index is 0.0180. The number of benzene rings is 1. The van der Waals surface area contributed by atoms with Crippen molar-refractivity contribution in [3.05, 3.63) is 30.0 Å².